The molecule has 1 aliphatic heterocycles. The van der Waals surface area contributed by atoms with Crippen LogP contribution in [0.5, 0.6) is 0 Å². The zero-order valence-corrected chi connectivity index (χ0v) is 7.65. The lowest BCUT2D eigenvalue weighted by Gasteiger charge is -2.30. The number of rotatable bonds is 3. The Hall–Kier alpha value is -0.830. The van der Waals surface area contributed by atoms with Gasteiger partial charge in [-0.15, -0.1) is 6.58 Å². The van der Waals surface area contributed by atoms with Crippen molar-refractivity contribution in [2.75, 3.05) is 6.54 Å². The molecule has 2 rings (SSSR count). The minimum absolute atomic E-state index is 0.463. The van der Waals surface area contributed by atoms with E-state index in [0.29, 0.717) is 6.04 Å². The monoisotopic (exact) mass is 181 g/mol. The highest BCUT2D eigenvalue weighted by Crippen LogP contribution is 2.38. The van der Waals surface area contributed by atoms with Crippen molar-refractivity contribution >= 4 is 5.97 Å². The minimum atomic E-state index is -0.762. The maximum absolute atomic E-state index is 10.9. The van der Waals surface area contributed by atoms with Gasteiger partial charge in [-0.25, -0.2) is 0 Å². The molecule has 1 N–H and O–H groups in total. The molecule has 0 aromatic carbocycles. The van der Waals surface area contributed by atoms with Crippen molar-refractivity contribution in [1.29, 1.82) is 0 Å². The maximum Gasteiger partial charge on any atom is 0.324 e. The number of hydrogen-bond acceptors (Lipinski definition) is 2. The van der Waals surface area contributed by atoms with E-state index in [1.54, 1.807) is 6.08 Å². The third-order valence-electron chi connectivity index (χ3n) is 3.29. The second kappa shape index (κ2) is 3.14. The fraction of sp³-hybridized carbons (Fsp3) is 0.700. The van der Waals surface area contributed by atoms with Gasteiger partial charge in [-0.1, -0.05) is 6.08 Å². The van der Waals surface area contributed by atoms with E-state index in [9.17, 15) is 4.79 Å². The van der Waals surface area contributed by atoms with E-state index in [2.05, 4.69) is 11.5 Å². The molecule has 0 spiro atoms. The standard InChI is InChI=1S/C10H15NO2/c1-2-9(10(12)13)11-6-7-3-4-8(11)5-7/h2,7-9H,1,3-6H2,(H,12,13). The average Bonchev–Trinajstić information content (AvgIpc) is 2.65. The molecule has 1 saturated carbocycles. The van der Waals surface area contributed by atoms with Gasteiger partial charge in [0, 0.05) is 12.6 Å². The van der Waals surface area contributed by atoms with Gasteiger partial charge in [-0.3, -0.25) is 9.69 Å². The van der Waals surface area contributed by atoms with E-state index in [-0.39, 0.29) is 0 Å². The van der Waals surface area contributed by atoms with E-state index in [1.165, 1.54) is 19.3 Å². The molecule has 0 radical (unpaired) electrons. The van der Waals surface area contributed by atoms with Crippen LogP contribution in [-0.2, 0) is 4.79 Å². The van der Waals surface area contributed by atoms with Gasteiger partial charge in [-0.2, -0.15) is 0 Å². The lowest BCUT2D eigenvalue weighted by molar-refractivity contribution is -0.142. The number of likely N-dealkylation sites (tertiary alicyclic amines) is 1. The van der Waals surface area contributed by atoms with Crippen LogP contribution < -0.4 is 0 Å². The van der Waals surface area contributed by atoms with Crippen molar-refractivity contribution in [2.24, 2.45) is 5.92 Å². The molecule has 13 heavy (non-hydrogen) atoms. The number of hydrogen-bond donors (Lipinski definition) is 1. The first-order valence-electron chi connectivity index (χ1n) is 4.83. The first-order valence-corrected chi connectivity index (χ1v) is 4.83. The molecule has 0 aromatic heterocycles. The molecule has 3 atom stereocenters. The SMILES string of the molecule is C=CC(C(=O)O)N1CC2CCC1C2. The summed E-state index contributed by atoms with van der Waals surface area (Å²) in [5.41, 5.74) is 0. The summed E-state index contributed by atoms with van der Waals surface area (Å²) in [7, 11) is 0. The van der Waals surface area contributed by atoms with Crippen LogP contribution in [0, 0.1) is 5.92 Å². The van der Waals surface area contributed by atoms with E-state index in [4.69, 9.17) is 5.11 Å². The Kier molecular flexibility index (Phi) is 2.12. The van der Waals surface area contributed by atoms with Crippen LogP contribution in [0.15, 0.2) is 12.7 Å². The molecule has 0 aromatic rings. The van der Waals surface area contributed by atoms with Crippen LogP contribution in [0.3, 0.4) is 0 Å². The Morgan fingerprint density at radius 3 is 2.77 bits per heavy atom. The summed E-state index contributed by atoms with van der Waals surface area (Å²) in [6.45, 7) is 4.54. The van der Waals surface area contributed by atoms with Crippen LogP contribution in [0.25, 0.3) is 0 Å². The molecule has 1 heterocycles. The highest BCUT2D eigenvalue weighted by Gasteiger charge is 2.42. The normalized spacial score (nSPS) is 34.8. The summed E-state index contributed by atoms with van der Waals surface area (Å²) in [6, 6.07) is 0.0411. The minimum Gasteiger partial charge on any atom is -0.480 e. The molecular formula is C10H15NO2. The van der Waals surface area contributed by atoms with Gasteiger partial charge in [0.25, 0.3) is 0 Å². The van der Waals surface area contributed by atoms with Gasteiger partial charge in [0.2, 0.25) is 0 Å². The maximum atomic E-state index is 10.9. The first kappa shape index (κ1) is 8.75. The summed E-state index contributed by atoms with van der Waals surface area (Å²) >= 11 is 0. The van der Waals surface area contributed by atoms with Gasteiger partial charge < -0.3 is 5.11 Å². The lowest BCUT2D eigenvalue weighted by Crippen LogP contribution is -2.44. The molecule has 0 amide bonds. The number of carboxylic acids is 1. The Morgan fingerprint density at radius 1 is 1.62 bits per heavy atom. The predicted octanol–water partition coefficient (Wildman–Crippen LogP) is 1.11. The van der Waals surface area contributed by atoms with E-state index >= 15 is 0 Å². The van der Waals surface area contributed by atoms with Crippen molar-refractivity contribution in [1.82, 2.24) is 4.90 Å². The molecule has 72 valence electrons. The first-order chi connectivity index (χ1) is 6.22. The quantitative estimate of drug-likeness (QED) is 0.663. The van der Waals surface area contributed by atoms with Crippen LogP contribution >= 0.6 is 0 Å². The highest BCUT2D eigenvalue weighted by atomic mass is 16.4. The molecular weight excluding hydrogens is 166 g/mol. The summed E-state index contributed by atoms with van der Waals surface area (Å²) in [4.78, 5) is 13.0. The number of nitrogens with zero attached hydrogens (tertiary/aromatic N) is 1. The summed E-state index contributed by atoms with van der Waals surface area (Å²) < 4.78 is 0. The smallest absolute Gasteiger partial charge is 0.324 e. The Bertz CT molecular complexity index is 239. The summed E-state index contributed by atoms with van der Waals surface area (Å²) in [6.07, 6.45) is 5.19. The van der Waals surface area contributed by atoms with E-state index < -0.39 is 12.0 Å². The number of carbonyl (C=O) groups is 1. The van der Waals surface area contributed by atoms with Crippen LogP contribution in [0.4, 0.5) is 0 Å². The summed E-state index contributed by atoms with van der Waals surface area (Å²) in [5, 5.41) is 8.95. The van der Waals surface area contributed by atoms with Gasteiger partial charge in [-0.05, 0) is 25.2 Å². The second-order valence-electron chi connectivity index (χ2n) is 4.05. The van der Waals surface area contributed by atoms with Gasteiger partial charge >= 0.3 is 5.97 Å². The third-order valence-corrected chi connectivity index (χ3v) is 3.29. The fourth-order valence-electron chi connectivity index (χ4n) is 2.68. The van der Waals surface area contributed by atoms with E-state index in [1.807, 2.05) is 0 Å². The lowest BCUT2D eigenvalue weighted by atomic mass is 10.1. The molecule has 3 nitrogen and oxygen atoms in total. The van der Waals surface area contributed by atoms with Gasteiger partial charge in [0.1, 0.15) is 6.04 Å². The Morgan fingerprint density at radius 2 is 2.38 bits per heavy atom. The summed E-state index contributed by atoms with van der Waals surface area (Å²) in [5.74, 6) is -0.0191. The van der Waals surface area contributed by atoms with Crippen LogP contribution in [0.2, 0.25) is 0 Å². The third kappa shape index (κ3) is 1.37. The number of fused-ring (bicyclic) bond motifs is 2. The van der Waals surface area contributed by atoms with Crippen molar-refractivity contribution in [3.8, 4) is 0 Å². The van der Waals surface area contributed by atoms with Gasteiger partial charge in [0.15, 0.2) is 0 Å². The van der Waals surface area contributed by atoms with Crippen molar-refractivity contribution in [3.63, 3.8) is 0 Å². The second-order valence-corrected chi connectivity index (χ2v) is 4.05. The van der Waals surface area contributed by atoms with Crippen molar-refractivity contribution in [3.05, 3.63) is 12.7 Å². The Labute approximate surface area is 78.0 Å². The molecule has 2 fully saturated rings. The van der Waals surface area contributed by atoms with Crippen LogP contribution in [-0.4, -0.2) is 34.6 Å². The van der Waals surface area contributed by atoms with Crippen molar-refractivity contribution in [2.45, 2.75) is 31.3 Å². The molecule has 1 saturated heterocycles. The largest absolute Gasteiger partial charge is 0.480 e. The zero-order valence-electron chi connectivity index (χ0n) is 7.65. The average molecular weight is 181 g/mol. The number of aliphatic carboxylic acids is 1. The highest BCUT2D eigenvalue weighted by molar-refractivity contribution is 5.75. The molecule has 3 unspecified atom stereocenters. The number of carboxylic acid groups (broad SMARTS) is 1. The molecule has 3 heteroatoms. The van der Waals surface area contributed by atoms with Crippen molar-refractivity contribution < 1.29 is 9.90 Å². The van der Waals surface area contributed by atoms with E-state index in [0.717, 1.165) is 12.5 Å². The zero-order chi connectivity index (χ0) is 9.42. The fourth-order valence-corrected chi connectivity index (χ4v) is 2.68. The topological polar surface area (TPSA) is 40.5 Å². The van der Waals surface area contributed by atoms with Crippen LogP contribution in [0.1, 0.15) is 19.3 Å². The molecule has 1 aliphatic carbocycles. The van der Waals surface area contributed by atoms with Gasteiger partial charge in [0.05, 0.1) is 0 Å². The molecule has 2 bridgehead atoms. The predicted molar refractivity (Wildman–Crippen MR) is 49.5 cm³/mol. The molecule has 2 aliphatic rings. The Balaban J connectivity index is 2.08. The number of piperidine rings is 1.